The van der Waals surface area contributed by atoms with Gasteiger partial charge in [-0.05, 0) is 42.3 Å². The normalized spacial score (nSPS) is 13.7. The fourth-order valence-electron chi connectivity index (χ4n) is 0.517. The third kappa shape index (κ3) is 7.47. The Hall–Kier alpha value is -0.640. The van der Waals surface area contributed by atoms with Gasteiger partial charge in [-0.1, -0.05) is 30.4 Å². The van der Waals surface area contributed by atoms with Crippen molar-refractivity contribution in [2.75, 3.05) is 0 Å². The van der Waals surface area contributed by atoms with Gasteiger partial charge in [0.15, 0.2) is 0 Å². The molecule has 0 unspecified atom stereocenters. The molecule has 0 aromatic heterocycles. The van der Waals surface area contributed by atoms with Gasteiger partial charge in [-0.2, -0.15) is 0 Å². The van der Waals surface area contributed by atoms with Gasteiger partial charge < -0.3 is 0 Å². The van der Waals surface area contributed by atoms with Crippen LogP contribution in [0.2, 0.25) is 0 Å². The predicted octanol–water partition coefficient (Wildman–Crippen LogP) is 3.65. The van der Waals surface area contributed by atoms with Crippen molar-refractivity contribution in [1.29, 1.82) is 0 Å². The first-order valence-corrected chi connectivity index (χ1v) is 4.66. The molecule has 1 nitrogen and oxygen atoms in total. The Morgan fingerprint density at radius 2 is 1.92 bits per heavy atom. The average molecular weight is 273 g/mol. The quantitative estimate of drug-likeness (QED) is 0.421. The highest BCUT2D eigenvalue weighted by Crippen LogP contribution is 2.06. The lowest BCUT2D eigenvalue weighted by Gasteiger charge is -1.81. The molecule has 0 rings (SSSR count). The van der Waals surface area contributed by atoms with Gasteiger partial charge in [-0.15, -0.1) is 0 Å². The Labute approximate surface area is 87.4 Å². The summed E-state index contributed by atoms with van der Waals surface area (Å²) in [6.07, 6.45) is 13.5. The molecule has 64 valence electrons. The highest BCUT2D eigenvalue weighted by Gasteiger charge is 1.77. The predicted molar refractivity (Wildman–Crippen MR) is 64.7 cm³/mol. The number of rotatable bonds is 4. The summed E-state index contributed by atoms with van der Waals surface area (Å²) >= 11 is 2.19. The van der Waals surface area contributed by atoms with E-state index in [0.717, 1.165) is 3.58 Å². The van der Waals surface area contributed by atoms with E-state index in [0.29, 0.717) is 0 Å². The minimum Gasteiger partial charge on any atom is -0.271 e. The van der Waals surface area contributed by atoms with Crippen LogP contribution in [0.25, 0.3) is 0 Å². The van der Waals surface area contributed by atoms with Crippen LogP contribution in [-0.2, 0) is 0 Å². The molecule has 0 aliphatic rings. The lowest BCUT2D eigenvalue weighted by molar-refractivity contribution is 1.61. The van der Waals surface area contributed by atoms with Crippen molar-refractivity contribution < 1.29 is 0 Å². The van der Waals surface area contributed by atoms with E-state index >= 15 is 0 Å². The van der Waals surface area contributed by atoms with Gasteiger partial charge in [0.2, 0.25) is 0 Å². The Balaban J connectivity index is 3.91. The zero-order valence-electron chi connectivity index (χ0n) is 7.07. The fourth-order valence-corrected chi connectivity index (χ4v) is 0.922. The van der Waals surface area contributed by atoms with Crippen LogP contribution in [0.5, 0.6) is 0 Å². The number of aliphatic imine (C=N–C) groups is 1. The minimum absolute atomic E-state index is 1.06. The molecule has 0 radical (unpaired) electrons. The van der Waals surface area contributed by atoms with E-state index in [1.165, 1.54) is 0 Å². The van der Waals surface area contributed by atoms with Crippen LogP contribution in [0.15, 0.2) is 51.2 Å². The molecule has 0 N–H and O–H groups in total. The van der Waals surface area contributed by atoms with Crippen molar-refractivity contribution in [3.8, 4) is 0 Å². The summed E-state index contributed by atoms with van der Waals surface area (Å²) in [5, 5.41) is 0. The first-order chi connectivity index (χ1) is 5.81. The maximum atomic E-state index is 3.64. The maximum Gasteiger partial charge on any atom is 0.0394 e. The molecule has 0 heterocycles. The van der Waals surface area contributed by atoms with E-state index in [1.54, 1.807) is 6.20 Å². The standard InChI is InChI=1S/C10H12IN/c1-3-4-5-6-7-8-10(11)9-12-2/h3-9H,2H2,1H3/b4-3+,6-5-,8-7-,10-9-. The number of hydrogen-bond donors (Lipinski definition) is 0. The first-order valence-electron chi connectivity index (χ1n) is 3.58. The van der Waals surface area contributed by atoms with Crippen molar-refractivity contribution in [1.82, 2.24) is 0 Å². The minimum atomic E-state index is 1.06. The summed E-state index contributed by atoms with van der Waals surface area (Å²) in [5.41, 5.74) is 0. The Kier molecular flexibility index (Phi) is 8.01. The summed E-state index contributed by atoms with van der Waals surface area (Å²) in [6.45, 7) is 5.35. The molecule has 0 bridgehead atoms. The molecule has 0 saturated heterocycles. The monoisotopic (exact) mass is 273 g/mol. The molecule has 0 fully saturated rings. The van der Waals surface area contributed by atoms with Crippen LogP contribution in [0, 0.1) is 0 Å². The second-order valence-electron chi connectivity index (χ2n) is 1.97. The molecule has 12 heavy (non-hydrogen) atoms. The largest absolute Gasteiger partial charge is 0.271 e. The molecule has 0 aromatic rings. The SMILES string of the molecule is C=N/C=C(I)/C=C\C=C/C=C/C. The Morgan fingerprint density at radius 3 is 2.50 bits per heavy atom. The molecule has 2 heteroatoms. The maximum absolute atomic E-state index is 3.64. The number of hydrogen-bond acceptors (Lipinski definition) is 1. The third-order valence-electron chi connectivity index (χ3n) is 0.996. The fraction of sp³-hybridized carbons (Fsp3) is 0.100. The molecule has 0 aliphatic carbocycles. The zero-order chi connectivity index (χ0) is 9.23. The molecular formula is C10H12IN. The summed E-state index contributed by atoms with van der Waals surface area (Å²) in [6, 6.07) is 0. The number of nitrogens with zero attached hydrogens (tertiary/aromatic N) is 1. The van der Waals surface area contributed by atoms with Crippen molar-refractivity contribution in [3.63, 3.8) is 0 Å². The van der Waals surface area contributed by atoms with E-state index in [1.807, 2.05) is 43.4 Å². The highest BCUT2D eigenvalue weighted by atomic mass is 127. The smallest absolute Gasteiger partial charge is 0.0394 e. The van der Waals surface area contributed by atoms with Crippen LogP contribution < -0.4 is 0 Å². The van der Waals surface area contributed by atoms with Gasteiger partial charge >= 0.3 is 0 Å². The number of allylic oxidation sites excluding steroid dienone is 7. The highest BCUT2D eigenvalue weighted by molar-refractivity contribution is 14.1. The van der Waals surface area contributed by atoms with Crippen LogP contribution >= 0.6 is 22.6 Å². The van der Waals surface area contributed by atoms with Crippen LogP contribution in [0.1, 0.15) is 6.92 Å². The van der Waals surface area contributed by atoms with E-state index in [4.69, 9.17) is 0 Å². The van der Waals surface area contributed by atoms with Gasteiger partial charge in [0.25, 0.3) is 0 Å². The number of halogens is 1. The van der Waals surface area contributed by atoms with E-state index in [2.05, 4.69) is 34.3 Å². The average Bonchev–Trinajstić information content (AvgIpc) is 2.05. The van der Waals surface area contributed by atoms with E-state index < -0.39 is 0 Å². The molecule has 0 aliphatic heterocycles. The molecule has 0 aromatic carbocycles. The molecule has 0 atom stereocenters. The van der Waals surface area contributed by atoms with Crippen molar-refractivity contribution in [2.45, 2.75) is 6.92 Å². The second kappa shape index (κ2) is 8.46. The lowest BCUT2D eigenvalue weighted by Crippen LogP contribution is -1.58. The van der Waals surface area contributed by atoms with Crippen LogP contribution in [-0.4, -0.2) is 6.72 Å². The summed E-state index contributed by atoms with van der Waals surface area (Å²) in [7, 11) is 0. The van der Waals surface area contributed by atoms with Gasteiger partial charge in [0, 0.05) is 9.78 Å². The van der Waals surface area contributed by atoms with Crippen LogP contribution in [0.3, 0.4) is 0 Å². The Bertz CT molecular complexity index is 234. The summed E-state index contributed by atoms with van der Waals surface area (Å²) in [5.74, 6) is 0. The van der Waals surface area contributed by atoms with E-state index in [9.17, 15) is 0 Å². The molecule has 0 spiro atoms. The zero-order valence-corrected chi connectivity index (χ0v) is 9.23. The first kappa shape index (κ1) is 11.4. The Morgan fingerprint density at radius 1 is 1.25 bits per heavy atom. The summed E-state index contributed by atoms with van der Waals surface area (Å²) in [4.78, 5) is 3.64. The molecule has 0 saturated carbocycles. The van der Waals surface area contributed by atoms with Crippen molar-refractivity contribution >= 4 is 29.3 Å². The summed E-state index contributed by atoms with van der Waals surface area (Å²) < 4.78 is 1.06. The lowest BCUT2D eigenvalue weighted by atomic mass is 10.4. The third-order valence-corrected chi connectivity index (χ3v) is 1.63. The van der Waals surface area contributed by atoms with Crippen molar-refractivity contribution in [3.05, 3.63) is 46.2 Å². The topological polar surface area (TPSA) is 12.4 Å². The molecular weight excluding hydrogens is 261 g/mol. The van der Waals surface area contributed by atoms with E-state index in [-0.39, 0.29) is 0 Å². The second-order valence-corrected chi connectivity index (χ2v) is 3.21. The van der Waals surface area contributed by atoms with Crippen molar-refractivity contribution in [2.24, 2.45) is 4.99 Å². The van der Waals surface area contributed by atoms with Crippen LogP contribution in [0.4, 0.5) is 0 Å². The van der Waals surface area contributed by atoms with Gasteiger partial charge in [-0.3, -0.25) is 4.99 Å². The van der Waals surface area contributed by atoms with Gasteiger partial charge in [-0.25, -0.2) is 0 Å². The molecule has 0 amide bonds. The van der Waals surface area contributed by atoms with Gasteiger partial charge in [0.1, 0.15) is 0 Å². The van der Waals surface area contributed by atoms with Gasteiger partial charge in [0.05, 0.1) is 0 Å².